The summed E-state index contributed by atoms with van der Waals surface area (Å²) in [5, 5.41) is 9.10. The molecule has 5 nitrogen and oxygen atoms in total. The minimum atomic E-state index is -0.104. The third-order valence-electron chi connectivity index (χ3n) is 3.60. The fourth-order valence-electron chi connectivity index (χ4n) is 2.53. The number of nitrogens with zero attached hydrogens (tertiary/aromatic N) is 2. The zero-order valence-corrected chi connectivity index (χ0v) is 13.5. The normalized spacial score (nSPS) is 18.2. The van der Waals surface area contributed by atoms with Gasteiger partial charge in [-0.25, -0.2) is 4.98 Å². The van der Waals surface area contributed by atoms with Crippen LogP contribution in [0, 0.1) is 0 Å². The Morgan fingerprint density at radius 1 is 1.26 bits per heavy atom. The summed E-state index contributed by atoms with van der Waals surface area (Å²) in [4.78, 5) is 18.8. The van der Waals surface area contributed by atoms with Crippen LogP contribution >= 0.6 is 11.3 Å². The van der Waals surface area contributed by atoms with Crippen molar-refractivity contribution < 1.29 is 4.79 Å². The largest absolute Gasteiger partial charge is 0.368 e. The molecule has 1 aromatic rings. The van der Waals surface area contributed by atoms with Gasteiger partial charge in [-0.05, 0) is 24.6 Å². The monoisotopic (exact) mass is 326 g/mol. The van der Waals surface area contributed by atoms with Gasteiger partial charge < -0.3 is 15.5 Å². The summed E-state index contributed by atoms with van der Waals surface area (Å²) in [5.74, 6) is -0.104. The van der Waals surface area contributed by atoms with E-state index < -0.39 is 0 Å². The van der Waals surface area contributed by atoms with Gasteiger partial charge in [0.05, 0.1) is 0 Å². The van der Waals surface area contributed by atoms with Gasteiger partial charge >= 0.3 is 0 Å². The van der Waals surface area contributed by atoms with Crippen LogP contribution in [0.4, 0.5) is 0 Å². The van der Waals surface area contributed by atoms with E-state index in [4.69, 9.17) is 0 Å². The SMILES string of the molecule is C=CCN(CC=C)C(=O)c1csc(C2=C3C=CNC3NC=C2)n1. The molecule has 1 unspecified atom stereocenters. The number of fused-ring (bicyclic) bond motifs is 1. The lowest BCUT2D eigenvalue weighted by Gasteiger charge is -2.20. The van der Waals surface area contributed by atoms with Crippen molar-refractivity contribution in [2.24, 2.45) is 0 Å². The number of hydrogen-bond acceptors (Lipinski definition) is 5. The predicted octanol–water partition coefficient (Wildman–Crippen LogP) is 2.27. The molecule has 118 valence electrons. The van der Waals surface area contributed by atoms with Crippen molar-refractivity contribution in [3.05, 3.63) is 71.5 Å². The van der Waals surface area contributed by atoms with Gasteiger partial charge in [0.1, 0.15) is 16.9 Å². The summed E-state index contributed by atoms with van der Waals surface area (Å²) in [6, 6.07) is 0. The van der Waals surface area contributed by atoms with Gasteiger partial charge in [0, 0.05) is 29.6 Å². The number of rotatable bonds is 6. The molecule has 6 heteroatoms. The first kappa shape index (κ1) is 15.3. The fourth-order valence-corrected chi connectivity index (χ4v) is 3.37. The van der Waals surface area contributed by atoms with Crippen molar-refractivity contribution in [1.29, 1.82) is 0 Å². The molecule has 0 aliphatic carbocycles. The van der Waals surface area contributed by atoms with Gasteiger partial charge in [0.2, 0.25) is 0 Å². The molecular weight excluding hydrogens is 308 g/mol. The number of allylic oxidation sites excluding steroid dienone is 2. The number of hydrogen-bond donors (Lipinski definition) is 2. The van der Waals surface area contributed by atoms with E-state index in [0.29, 0.717) is 18.8 Å². The molecule has 2 aliphatic heterocycles. The second-order valence-electron chi connectivity index (χ2n) is 5.13. The third kappa shape index (κ3) is 2.98. The average Bonchev–Trinajstić information content (AvgIpc) is 3.22. The zero-order valence-electron chi connectivity index (χ0n) is 12.7. The van der Waals surface area contributed by atoms with Crippen molar-refractivity contribution in [3.63, 3.8) is 0 Å². The van der Waals surface area contributed by atoms with Gasteiger partial charge in [0.25, 0.3) is 5.91 Å². The molecule has 1 amide bonds. The molecule has 0 spiro atoms. The Morgan fingerprint density at radius 3 is 2.65 bits per heavy atom. The summed E-state index contributed by atoms with van der Waals surface area (Å²) in [6.07, 6.45) is 11.3. The molecule has 0 saturated carbocycles. The molecule has 3 heterocycles. The number of dihydropyridines is 1. The van der Waals surface area contributed by atoms with Crippen LogP contribution in [0.1, 0.15) is 15.5 Å². The summed E-state index contributed by atoms with van der Waals surface area (Å²) >= 11 is 1.48. The van der Waals surface area contributed by atoms with Crippen molar-refractivity contribution in [1.82, 2.24) is 20.5 Å². The van der Waals surface area contributed by atoms with Gasteiger partial charge in [-0.1, -0.05) is 12.2 Å². The molecule has 23 heavy (non-hydrogen) atoms. The van der Waals surface area contributed by atoms with Crippen molar-refractivity contribution in [3.8, 4) is 0 Å². The number of carbonyl (C=O) groups excluding carboxylic acids is 1. The van der Waals surface area contributed by atoms with Crippen LogP contribution in [0.25, 0.3) is 5.57 Å². The third-order valence-corrected chi connectivity index (χ3v) is 4.48. The summed E-state index contributed by atoms with van der Waals surface area (Å²) in [5.41, 5.74) is 2.63. The van der Waals surface area contributed by atoms with E-state index in [2.05, 4.69) is 28.8 Å². The van der Waals surface area contributed by atoms with E-state index in [9.17, 15) is 4.79 Å². The Morgan fingerprint density at radius 2 is 1.96 bits per heavy atom. The van der Waals surface area contributed by atoms with Crippen LogP contribution in [-0.2, 0) is 0 Å². The number of carbonyl (C=O) groups is 1. The quantitative estimate of drug-likeness (QED) is 0.788. The Bertz CT molecular complexity index is 719. The Kier molecular flexibility index (Phi) is 4.43. The summed E-state index contributed by atoms with van der Waals surface area (Å²) in [7, 11) is 0. The molecule has 1 aromatic heterocycles. The van der Waals surface area contributed by atoms with Crippen LogP contribution in [0.3, 0.4) is 0 Å². The van der Waals surface area contributed by atoms with E-state index >= 15 is 0 Å². The second kappa shape index (κ2) is 6.66. The molecule has 2 N–H and O–H groups in total. The Labute approximate surface area is 139 Å². The van der Waals surface area contributed by atoms with E-state index in [1.165, 1.54) is 11.3 Å². The first-order valence-electron chi connectivity index (χ1n) is 7.31. The topological polar surface area (TPSA) is 57.3 Å². The molecule has 1 atom stereocenters. The van der Waals surface area contributed by atoms with Gasteiger partial charge in [0.15, 0.2) is 0 Å². The Hall–Kier alpha value is -2.60. The number of thiazole rings is 1. The van der Waals surface area contributed by atoms with E-state index in [1.54, 1.807) is 22.4 Å². The maximum Gasteiger partial charge on any atom is 0.273 e. The highest BCUT2D eigenvalue weighted by Gasteiger charge is 2.24. The highest BCUT2D eigenvalue weighted by Crippen LogP contribution is 2.29. The van der Waals surface area contributed by atoms with Crippen molar-refractivity contribution in [2.75, 3.05) is 13.1 Å². The van der Waals surface area contributed by atoms with Crippen LogP contribution in [0.5, 0.6) is 0 Å². The highest BCUT2D eigenvalue weighted by molar-refractivity contribution is 7.11. The standard InChI is InChI=1S/C17H18N4OS/c1-3-9-21(10-4-2)17(22)14-11-23-16(20-14)13-6-8-19-15-12(13)5-7-18-15/h3-8,11,15,18-19H,1-2,9-10H2. The summed E-state index contributed by atoms with van der Waals surface area (Å²) in [6.45, 7) is 8.33. The first-order valence-corrected chi connectivity index (χ1v) is 8.19. The van der Waals surface area contributed by atoms with E-state index in [0.717, 1.165) is 16.2 Å². The lowest BCUT2D eigenvalue weighted by molar-refractivity contribution is 0.0786. The van der Waals surface area contributed by atoms with Gasteiger partial charge in [-0.3, -0.25) is 4.79 Å². The van der Waals surface area contributed by atoms with Crippen LogP contribution < -0.4 is 10.6 Å². The number of amides is 1. The molecule has 0 aromatic carbocycles. The van der Waals surface area contributed by atoms with Crippen LogP contribution in [-0.4, -0.2) is 35.0 Å². The van der Waals surface area contributed by atoms with E-state index in [1.807, 2.05) is 24.6 Å². The lowest BCUT2D eigenvalue weighted by atomic mass is 10.1. The molecule has 2 aliphatic rings. The average molecular weight is 326 g/mol. The first-order chi connectivity index (χ1) is 11.2. The Balaban J connectivity index is 1.87. The fraction of sp³-hybridized carbons (Fsp3) is 0.176. The van der Waals surface area contributed by atoms with E-state index in [-0.39, 0.29) is 12.1 Å². The van der Waals surface area contributed by atoms with Gasteiger partial charge in [-0.15, -0.1) is 24.5 Å². The minimum Gasteiger partial charge on any atom is -0.368 e. The maximum absolute atomic E-state index is 12.6. The van der Waals surface area contributed by atoms with Crippen molar-refractivity contribution in [2.45, 2.75) is 6.17 Å². The lowest BCUT2D eigenvalue weighted by Crippen LogP contribution is -2.36. The molecule has 3 rings (SSSR count). The maximum atomic E-state index is 12.6. The molecule has 0 bridgehead atoms. The molecule has 0 radical (unpaired) electrons. The predicted molar refractivity (Wildman–Crippen MR) is 93.7 cm³/mol. The number of aromatic nitrogens is 1. The highest BCUT2D eigenvalue weighted by atomic mass is 32.1. The molecular formula is C17H18N4OS. The second-order valence-corrected chi connectivity index (χ2v) is 5.99. The summed E-state index contributed by atoms with van der Waals surface area (Å²) < 4.78 is 0. The van der Waals surface area contributed by atoms with Crippen LogP contribution in [0.15, 0.2) is 60.8 Å². The van der Waals surface area contributed by atoms with Crippen molar-refractivity contribution >= 4 is 22.8 Å². The van der Waals surface area contributed by atoms with Gasteiger partial charge in [-0.2, -0.15) is 0 Å². The minimum absolute atomic E-state index is 0.0797. The number of nitrogens with one attached hydrogen (secondary N) is 2. The smallest absolute Gasteiger partial charge is 0.273 e. The molecule has 0 fully saturated rings. The van der Waals surface area contributed by atoms with Crippen LogP contribution in [0.2, 0.25) is 0 Å². The zero-order chi connectivity index (χ0) is 16.2. The molecule has 0 saturated heterocycles.